The van der Waals surface area contributed by atoms with Crippen LogP contribution in [0.5, 0.6) is 5.75 Å². The molecule has 0 saturated heterocycles. The zero-order valence-electron chi connectivity index (χ0n) is 10.3. The van der Waals surface area contributed by atoms with Crippen molar-refractivity contribution in [1.29, 1.82) is 0 Å². The Labute approximate surface area is 102 Å². The fourth-order valence-corrected chi connectivity index (χ4v) is 1.37. The van der Waals surface area contributed by atoms with Crippen LogP contribution in [0.2, 0.25) is 0 Å². The van der Waals surface area contributed by atoms with Gasteiger partial charge in [-0.1, -0.05) is 0 Å². The molecule has 4 nitrogen and oxygen atoms in total. The van der Waals surface area contributed by atoms with Crippen LogP contribution < -0.4 is 10.1 Å². The summed E-state index contributed by atoms with van der Waals surface area (Å²) in [4.78, 5) is 11.7. The first-order valence-corrected chi connectivity index (χ1v) is 5.75. The third kappa shape index (κ3) is 4.97. The molecule has 0 fully saturated rings. The quantitative estimate of drug-likeness (QED) is 0.553. The van der Waals surface area contributed by atoms with Crippen molar-refractivity contribution >= 4 is 5.78 Å². The van der Waals surface area contributed by atoms with Crippen molar-refractivity contribution in [3.63, 3.8) is 0 Å². The number of carbonyl (C=O) groups is 1. The molecule has 0 aliphatic carbocycles. The van der Waals surface area contributed by atoms with Gasteiger partial charge in [0.25, 0.3) is 0 Å². The number of aliphatic hydroxyl groups is 1. The molecule has 0 heterocycles. The van der Waals surface area contributed by atoms with Crippen LogP contribution in [0.15, 0.2) is 24.3 Å². The summed E-state index contributed by atoms with van der Waals surface area (Å²) in [6.45, 7) is 4.62. The Bertz CT molecular complexity index is 346. The highest BCUT2D eigenvalue weighted by atomic mass is 16.5. The topological polar surface area (TPSA) is 58.6 Å². The highest BCUT2D eigenvalue weighted by Crippen LogP contribution is 2.13. The average molecular weight is 237 g/mol. The molecule has 0 saturated carbocycles. The predicted octanol–water partition coefficient (Wildman–Crippen LogP) is 1.24. The fourth-order valence-electron chi connectivity index (χ4n) is 1.37. The number of nitrogens with one attached hydrogen (secondary N) is 1. The zero-order chi connectivity index (χ0) is 12.7. The van der Waals surface area contributed by atoms with Crippen LogP contribution in [0.1, 0.15) is 24.2 Å². The molecule has 0 spiro atoms. The first kappa shape index (κ1) is 13.7. The minimum atomic E-state index is 0.00884. The van der Waals surface area contributed by atoms with Crippen LogP contribution in [0.25, 0.3) is 0 Å². The lowest BCUT2D eigenvalue weighted by molar-refractivity contribution is 0.0989. The maximum atomic E-state index is 11.7. The number of rotatable bonds is 7. The highest BCUT2D eigenvalue weighted by Gasteiger charge is 2.05. The van der Waals surface area contributed by atoms with E-state index in [0.29, 0.717) is 12.1 Å². The summed E-state index contributed by atoms with van der Waals surface area (Å²) in [6.07, 6.45) is 0.128. The van der Waals surface area contributed by atoms with Gasteiger partial charge in [-0.25, -0.2) is 0 Å². The van der Waals surface area contributed by atoms with Gasteiger partial charge >= 0.3 is 0 Å². The largest absolute Gasteiger partial charge is 0.491 e. The Balaban J connectivity index is 2.52. The van der Waals surface area contributed by atoms with E-state index in [4.69, 9.17) is 9.84 Å². The molecular formula is C13H19NO3. The zero-order valence-corrected chi connectivity index (χ0v) is 10.3. The van der Waals surface area contributed by atoms with Gasteiger partial charge in [0.2, 0.25) is 0 Å². The average Bonchev–Trinajstić information content (AvgIpc) is 2.29. The molecule has 0 aliphatic heterocycles. The fraction of sp³-hybridized carbons (Fsp3) is 0.462. The Hall–Kier alpha value is -1.39. The minimum absolute atomic E-state index is 0.00884. The maximum Gasteiger partial charge on any atom is 0.176 e. The molecule has 0 atom stereocenters. The summed E-state index contributed by atoms with van der Waals surface area (Å²) in [5.41, 5.74) is 0.645. The Kier molecular flexibility index (Phi) is 5.66. The van der Waals surface area contributed by atoms with Crippen LogP contribution in [0, 0.1) is 0 Å². The monoisotopic (exact) mass is 237 g/mol. The second kappa shape index (κ2) is 7.04. The smallest absolute Gasteiger partial charge is 0.176 e. The lowest BCUT2D eigenvalue weighted by Crippen LogP contribution is -2.25. The Morgan fingerprint density at radius 2 is 2.00 bits per heavy atom. The van der Waals surface area contributed by atoms with Crippen molar-refractivity contribution in [3.8, 4) is 5.75 Å². The van der Waals surface area contributed by atoms with Crippen molar-refractivity contribution in [2.45, 2.75) is 20.0 Å². The minimum Gasteiger partial charge on any atom is -0.491 e. The van der Waals surface area contributed by atoms with Crippen LogP contribution in [-0.4, -0.2) is 36.7 Å². The first-order chi connectivity index (χ1) is 8.13. The van der Waals surface area contributed by atoms with E-state index in [0.717, 1.165) is 5.75 Å². The molecule has 1 aromatic carbocycles. The molecule has 0 aliphatic rings. The summed E-state index contributed by atoms with van der Waals surface area (Å²) >= 11 is 0. The van der Waals surface area contributed by atoms with Crippen molar-refractivity contribution in [2.24, 2.45) is 0 Å². The Morgan fingerprint density at radius 3 is 2.53 bits per heavy atom. The van der Waals surface area contributed by atoms with E-state index in [2.05, 4.69) is 5.32 Å². The van der Waals surface area contributed by atoms with Crippen LogP contribution in [0.4, 0.5) is 0 Å². The van der Waals surface area contributed by atoms with Gasteiger partial charge in [-0.3, -0.25) is 4.79 Å². The highest BCUT2D eigenvalue weighted by molar-refractivity contribution is 5.97. The van der Waals surface area contributed by atoms with Crippen LogP contribution >= 0.6 is 0 Å². The normalized spacial score (nSPS) is 10.6. The van der Waals surface area contributed by atoms with E-state index in [1.807, 2.05) is 13.8 Å². The third-order valence-electron chi connectivity index (χ3n) is 2.12. The number of aliphatic hydroxyl groups excluding tert-OH is 1. The van der Waals surface area contributed by atoms with E-state index < -0.39 is 0 Å². The van der Waals surface area contributed by atoms with Crippen molar-refractivity contribution in [2.75, 3.05) is 19.7 Å². The van der Waals surface area contributed by atoms with Crippen LogP contribution in [0.3, 0.4) is 0 Å². The van der Waals surface area contributed by atoms with E-state index in [1.165, 1.54) is 0 Å². The number of ketones is 1. The van der Waals surface area contributed by atoms with E-state index in [9.17, 15) is 4.79 Å². The predicted molar refractivity (Wildman–Crippen MR) is 66.5 cm³/mol. The summed E-state index contributed by atoms with van der Waals surface area (Å²) in [7, 11) is 0. The van der Waals surface area contributed by atoms with Gasteiger partial charge in [-0.15, -0.1) is 0 Å². The molecule has 0 aromatic heterocycles. The molecule has 94 valence electrons. The SMILES string of the molecule is CC(C)Oc1ccc(C(=O)CNCCO)cc1. The maximum absolute atomic E-state index is 11.7. The summed E-state index contributed by atoms with van der Waals surface area (Å²) in [5.74, 6) is 0.773. The van der Waals surface area contributed by atoms with Gasteiger partial charge in [-0.05, 0) is 38.1 Å². The molecular weight excluding hydrogens is 218 g/mol. The number of hydrogen-bond acceptors (Lipinski definition) is 4. The molecule has 0 unspecified atom stereocenters. The van der Waals surface area contributed by atoms with Crippen LogP contribution in [-0.2, 0) is 0 Å². The van der Waals surface area contributed by atoms with Gasteiger partial charge < -0.3 is 15.2 Å². The van der Waals surface area contributed by atoms with Crippen molar-refractivity contribution in [3.05, 3.63) is 29.8 Å². The second-order valence-corrected chi connectivity index (χ2v) is 4.01. The van der Waals surface area contributed by atoms with Gasteiger partial charge in [-0.2, -0.15) is 0 Å². The number of ether oxygens (including phenoxy) is 1. The molecule has 4 heteroatoms. The van der Waals surface area contributed by atoms with Crippen molar-refractivity contribution < 1.29 is 14.6 Å². The van der Waals surface area contributed by atoms with E-state index in [1.54, 1.807) is 24.3 Å². The van der Waals surface area contributed by atoms with Gasteiger partial charge in [0.1, 0.15) is 5.75 Å². The number of carbonyl (C=O) groups excluding carboxylic acids is 1. The molecule has 0 bridgehead atoms. The number of hydrogen-bond donors (Lipinski definition) is 2. The van der Waals surface area contributed by atoms with E-state index in [-0.39, 0.29) is 25.0 Å². The third-order valence-corrected chi connectivity index (χ3v) is 2.12. The van der Waals surface area contributed by atoms with Gasteiger partial charge in [0, 0.05) is 12.1 Å². The van der Waals surface area contributed by atoms with E-state index >= 15 is 0 Å². The first-order valence-electron chi connectivity index (χ1n) is 5.75. The Morgan fingerprint density at radius 1 is 1.35 bits per heavy atom. The summed E-state index contributed by atoms with van der Waals surface area (Å²) < 4.78 is 5.49. The van der Waals surface area contributed by atoms with Gasteiger partial charge in [0.15, 0.2) is 5.78 Å². The van der Waals surface area contributed by atoms with Crippen molar-refractivity contribution in [1.82, 2.24) is 5.32 Å². The lowest BCUT2D eigenvalue weighted by Gasteiger charge is -2.09. The molecule has 1 aromatic rings. The molecule has 1 rings (SSSR count). The molecule has 0 amide bonds. The second-order valence-electron chi connectivity index (χ2n) is 4.01. The van der Waals surface area contributed by atoms with Gasteiger partial charge in [0.05, 0.1) is 19.3 Å². The molecule has 0 radical (unpaired) electrons. The molecule has 2 N–H and O–H groups in total. The summed E-state index contributed by atoms with van der Waals surface area (Å²) in [5, 5.41) is 11.4. The number of benzene rings is 1. The lowest BCUT2D eigenvalue weighted by atomic mass is 10.1. The molecule has 17 heavy (non-hydrogen) atoms. The summed E-state index contributed by atoms with van der Waals surface area (Å²) in [6, 6.07) is 7.08. The number of Topliss-reactive ketones (excluding diaryl/α,β-unsaturated/α-hetero) is 1. The standard InChI is InChI=1S/C13H19NO3/c1-10(2)17-12-5-3-11(4-6-12)13(16)9-14-7-8-15/h3-6,10,14-15H,7-9H2,1-2H3.